The van der Waals surface area contributed by atoms with Crippen molar-refractivity contribution in [3.05, 3.63) is 35.4 Å². The Labute approximate surface area is 122 Å². The fourth-order valence-corrected chi connectivity index (χ4v) is 1.79. The van der Waals surface area contributed by atoms with Gasteiger partial charge in [0.2, 0.25) is 0 Å². The second-order valence-corrected chi connectivity index (χ2v) is 5.07. The molecule has 0 aliphatic carbocycles. The van der Waals surface area contributed by atoms with E-state index in [1.807, 2.05) is 26.0 Å². The molecule has 0 heterocycles. The zero-order valence-corrected chi connectivity index (χ0v) is 12.0. The monoisotopic (exact) mass is 293 g/mol. The molecule has 0 bridgehead atoms. The predicted octanol–water partition coefficient (Wildman–Crippen LogP) is 1.86. The van der Waals surface area contributed by atoms with Gasteiger partial charge in [-0.15, -0.1) is 0 Å². The summed E-state index contributed by atoms with van der Waals surface area (Å²) < 4.78 is 0. The molecule has 3 N–H and O–H groups in total. The second-order valence-electron chi connectivity index (χ2n) is 5.07. The largest absolute Gasteiger partial charge is 0.481 e. The molecule has 0 radical (unpaired) electrons. The van der Waals surface area contributed by atoms with Crippen molar-refractivity contribution in [1.29, 1.82) is 0 Å². The van der Waals surface area contributed by atoms with Gasteiger partial charge in [0.25, 0.3) is 5.91 Å². The molecule has 0 aliphatic heterocycles. The van der Waals surface area contributed by atoms with Crippen LogP contribution >= 0.6 is 0 Å². The van der Waals surface area contributed by atoms with Crippen molar-refractivity contribution in [1.82, 2.24) is 5.32 Å². The molecule has 0 spiro atoms. The number of carboxylic acid groups (broad SMARTS) is 2. The van der Waals surface area contributed by atoms with E-state index in [4.69, 9.17) is 10.2 Å². The zero-order chi connectivity index (χ0) is 16.0. The summed E-state index contributed by atoms with van der Waals surface area (Å²) in [5.41, 5.74) is 1.42. The van der Waals surface area contributed by atoms with Crippen molar-refractivity contribution in [2.75, 3.05) is 0 Å². The highest BCUT2D eigenvalue weighted by Gasteiger charge is 2.21. The van der Waals surface area contributed by atoms with Crippen molar-refractivity contribution in [2.24, 2.45) is 0 Å². The van der Waals surface area contributed by atoms with Gasteiger partial charge in [0.15, 0.2) is 0 Å². The van der Waals surface area contributed by atoms with Crippen LogP contribution in [0.1, 0.15) is 48.5 Å². The third-order valence-corrected chi connectivity index (χ3v) is 3.09. The fourth-order valence-electron chi connectivity index (χ4n) is 1.79. The molecular weight excluding hydrogens is 274 g/mol. The number of carboxylic acids is 2. The van der Waals surface area contributed by atoms with E-state index in [2.05, 4.69) is 5.32 Å². The number of benzene rings is 1. The van der Waals surface area contributed by atoms with E-state index in [1.165, 1.54) is 0 Å². The van der Waals surface area contributed by atoms with Crippen LogP contribution in [-0.4, -0.2) is 34.1 Å². The van der Waals surface area contributed by atoms with Gasteiger partial charge in [0.1, 0.15) is 6.04 Å². The van der Waals surface area contributed by atoms with Crippen molar-refractivity contribution >= 4 is 17.8 Å². The van der Waals surface area contributed by atoms with Gasteiger partial charge < -0.3 is 15.5 Å². The van der Waals surface area contributed by atoms with Crippen LogP contribution in [-0.2, 0) is 9.59 Å². The second kappa shape index (κ2) is 7.42. The molecule has 6 heteroatoms. The molecule has 0 aliphatic rings. The molecule has 114 valence electrons. The molecule has 1 amide bonds. The van der Waals surface area contributed by atoms with E-state index >= 15 is 0 Å². The lowest BCUT2D eigenvalue weighted by atomic mass is 10.0. The number of amides is 1. The summed E-state index contributed by atoms with van der Waals surface area (Å²) in [6, 6.07) is 5.67. The van der Waals surface area contributed by atoms with E-state index in [0.717, 1.165) is 5.56 Å². The molecular formula is C15H19NO5. The lowest BCUT2D eigenvalue weighted by Gasteiger charge is -2.14. The highest BCUT2D eigenvalue weighted by molar-refractivity contribution is 5.96. The van der Waals surface area contributed by atoms with E-state index in [1.54, 1.807) is 12.1 Å². The Morgan fingerprint density at radius 1 is 1.10 bits per heavy atom. The number of carbonyl (C=O) groups excluding carboxylic acids is 1. The normalized spacial score (nSPS) is 12.0. The van der Waals surface area contributed by atoms with E-state index in [0.29, 0.717) is 11.5 Å². The van der Waals surface area contributed by atoms with Gasteiger partial charge >= 0.3 is 11.9 Å². The Morgan fingerprint density at radius 3 is 2.10 bits per heavy atom. The van der Waals surface area contributed by atoms with Crippen LogP contribution in [0.5, 0.6) is 0 Å². The van der Waals surface area contributed by atoms with Crippen molar-refractivity contribution in [2.45, 2.75) is 38.6 Å². The van der Waals surface area contributed by atoms with Gasteiger partial charge in [-0.05, 0) is 30.0 Å². The first-order valence-corrected chi connectivity index (χ1v) is 6.66. The first-order valence-electron chi connectivity index (χ1n) is 6.66. The Kier molecular flexibility index (Phi) is 5.90. The smallest absolute Gasteiger partial charge is 0.326 e. The molecule has 21 heavy (non-hydrogen) atoms. The van der Waals surface area contributed by atoms with Crippen LogP contribution in [0.25, 0.3) is 0 Å². The van der Waals surface area contributed by atoms with Gasteiger partial charge in [-0.2, -0.15) is 0 Å². The van der Waals surface area contributed by atoms with Gasteiger partial charge in [-0.1, -0.05) is 26.0 Å². The third-order valence-electron chi connectivity index (χ3n) is 3.09. The van der Waals surface area contributed by atoms with Gasteiger partial charge in [-0.25, -0.2) is 4.79 Å². The minimum absolute atomic E-state index is 0.152. The summed E-state index contributed by atoms with van der Waals surface area (Å²) in [5, 5.41) is 19.9. The van der Waals surface area contributed by atoms with Crippen molar-refractivity contribution in [3.8, 4) is 0 Å². The maximum absolute atomic E-state index is 12.0. The zero-order valence-electron chi connectivity index (χ0n) is 12.0. The first-order chi connectivity index (χ1) is 9.81. The number of aliphatic carboxylic acids is 2. The quantitative estimate of drug-likeness (QED) is 0.712. The maximum atomic E-state index is 12.0. The van der Waals surface area contributed by atoms with E-state index < -0.39 is 23.9 Å². The number of carbonyl (C=O) groups is 3. The number of hydrogen-bond acceptors (Lipinski definition) is 3. The number of rotatable bonds is 7. The summed E-state index contributed by atoms with van der Waals surface area (Å²) in [6.07, 6.45) is -0.468. The molecule has 0 unspecified atom stereocenters. The number of nitrogens with one attached hydrogen (secondary N) is 1. The van der Waals surface area contributed by atoms with Crippen LogP contribution in [0.2, 0.25) is 0 Å². The number of hydrogen-bond donors (Lipinski definition) is 3. The van der Waals surface area contributed by atoms with Crippen LogP contribution < -0.4 is 5.32 Å². The molecule has 0 saturated carbocycles. The Bertz CT molecular complexity index is 521. The summed E-state index contributed by atoms with van der Waals surface area (Å²) >= 11 is 0. The lowest BCUT2D eigenvalue weighted by molar-refractivity contribution is -0.140. The average molecular weight is 293 g/mol. The molecule has 1 aromatic rings. The molecule has 1 rings (SSSR count). The lowest BCUT2D eigenvalue weighted by Crippen LogP contribution is -2.41. The Hall–Kier alpha value is -2.37. The standard InChI is InChI=1S/C15H19NO5/c1-9(2)10-3-5-11(6-4-10)14(19)16-12(15(20)21)7-8-13(17)18/h3-6,9,12H,7-8H2,1-2H3,(H,16,19)(H,17,18)(H,20,21)/t12-/m0/s1. The van der Waals surface area contributed by atoms with Gasteiger partial charge in [-0.3, -0.25) is 9.59 Å². The van der Waals surface area contributed by atoms with E-state index in [-0.39, 0.29) is 12.8 Å². The topological polar surface area (TPSA) is 104 Å². The van der Waals surface area contributed by atoms with Crippen molar-refractivity contribution < 1.29 is 24.6 Å². The van der Waals surface area contributed by atoms with Crippen LogP contribution in [0.4, 0.5) is 0 Å². The first kappa shape index (κ1) is 16.7. The summed E-state index contributed by atoms with van der Waals surface area (Å²) in [5.74, 6) is -2.53. The molecule has 0 saturated heterocycles. The maximum Gasteiger partial charge on any atom is 0.326 e. The third kappa shape index (κ3) is 5.25. The van der Waals surface area contributed by atoms with Gasteiger partial charge in [0, 0.05) is 12.0 Å². The highest BCUT2D eigenvalue weighted by atomic mass is 16.4. The molecule has 0 aromatic heterocycles. The summed E-state index contributed by atoms with van der Waals surface area (Å²) in [4.78, 5) is 33.5. The molecule has 6 nitrogen and oxygen atoms in total. The average Bonchev–Trinajstić information content (AvgIpc) is 2.42. The van der Waals surface area contributed by atoms with Gasteiger partial charge in [0.05, 0.1) is 0 Å². The predicted molar refractivity (Wildman–Crippen MR) is 76.3 cm³/mol. The van der Waals surface area contributed by atoms with Crippen LogP contribution in [0, 0.1) is 0 Å². The SMILES string of the molecule is CC(C)c1ccc(C(=O)N[C@@H](CCC(=O)O)C(=O)O)cc1. The Morgan fingerprint density at radius 2 is 1.67 bits per heavy atom. The fraction of sp³-hybridized carbons (Fsp3) is 0.400. The summed E-state index contributed by atoms with van der Waals surface area (Å²) in [7, 11) is 0. The molecule has 0 fully saturated rings. The van der Waals surface area contributed by atoms with Crippen LogP contribution in [0.3, 0.4) is 0 Å². The van der Waals surface area contributed by atoms with E-state index in [9.17, 15) is 14.4 Å². The minimum Gasteiger partial charge on any atom is -0.481 e. The molecule has 1 atom stereocenters. The van der Waals surface area contributed by atoms with Crippen molar-refractivity contribution in [3.63, 3.8) is 0 Å². The molecule has 1 aromatic carbocycles. The van der Waals surface area contributed by atoms with Crippen LogP contribution in [0.15, 0.2) is 24.3 Å². The minimum atomic E-state index is -1.25. The highest BCUT2D eigenvalue weighted by Crippen LogP contribution is 2.14. The Balaban J connectivity index is 2.72. The summed E-state index contributed by atoms with van der Waals surface area (Å²) in [6.45, 7) is 4.06.